The van der Waals surface area contributed by atoms with Crippen LogP contribution >= 0.6 is 11.6 Å². The maximum absolute atomic E-state index is 12.8. The highest BCUT2D eigenvalue weighted by molar-refractivity contribution is 6.33. The summed E-state index contributed by atoms with van der Waals surface area (Å²) >= 11 is 5.75. The zero-order chi connectivity index (χ0) is 12.5. The standard InChI is InChI=1S/C11H12ClFN2O2/c12-9-3-7(13)1-2-8(9)10(16)15-6-11(17)4-14-5-11/h1-3,14,17H,4-6H2,(H,15,16). The van der Waals surface area contributed by atoms with Crippen molar-refractivity contribution >= 4 is 17.5 Å². The fourth-order valence-electron chi connectivity index (χ4n) is 1.55. The summed E-state index contributed by atoms with van der Waals surface area (Å²) in [6.07, 6.45) is 0. The van der Waals surface area contributed by atoms with Crippen molar-refractivity contribution in [1.29, 1.82) is 0 Å². The van der Waals surface area contributed by atoms with Gasteiger partial charge in [0.05, 0.1) is 10.6 Å². The Bertz CT molecular complexity index is 449. The van der Waals surface area contributed by atoms with Gasteiger partial charge >= 0.3 is 0 Å². The molecule has 2 rings (SSSR count). The molecular formula is C11H12ClFN2O2. The number of rotatable bonds is 3. The van der Waals surface area contributed by atoms with Crippen molar-refractivity contribution in [2.75, 3.05) is 19.6 Å². The maximum atomic E-state index is 12.8. The average Bonchev–Trinajstić information content (AvgIpc) is 2.23. The molecule has 1 fully saturated rings. The number of hydrogen-bond donors (Lipinski definition) is 3. The first-order chi connectivity index (χ1) is 8.00. The fraction of sp³-hybridized carbons (Fsp3) is 0.364. The number of nitrogens with one attached hydrogen (secondary N) is 2. The third kappa shape index (κ3) is 2.74. The minimum atomic E-state index is -0.887. The van der Waals surface area contributed by atoms with Crippen LogP contribution in [-0.4, -0.2) is 36.2 Å². The van der Waals surface area contributed by atoms with Crippen LogP contribution in [0.1, 0.15) is 10.4 Å². The molecule has 0 aliphatic carbocycles. The van der Waals surface area contributed by atoms with Crippen LogP contribution in [0.2, 0.25) is 5.02 Å². The van der Waals surface area contributed by atoms with Gasteiger partial charge in [-0.15, -0.1) is 0 Å². The first-order valence-corrected chi connectivity index (χ1v) is 5.54. The SMILES string of the molecule is O=C(NCC1(O)CNC1)c1ccc(F)cc1Cl. The molecule has 1 saturated heterocycles. The van der Waals surface area contributed by atoms with Crippen molar-refractivity contribution in [2.45, 2.75) is 5.60 Å². The van der Waals surface area contributed by atoms with Gasteiger partial charge in [-0.2, -0.15) is 0 Å². The van der Waals surface area contributed by atoms with Crippen molar-refractivity contribution in [3.63, 3.8) is 0 Å². The lowest BCUT2D eigenvalue weighted by molar-refractivity contribution is -0.00759. The van der Waals surface area contributed by atoms with Crippen LogP contribution in [-0.2, 0) is 0 Å². The Morgan fingerprint density at radius 2 is 2.29 bits per heavy atom. The first-order valence-electron chi connectivity index (χ1n) is 5.17. The van der Waals surface area contributed by atoms with E-state index in [0.717, 1.165) is 6.07 Å². The van der Waals surface area contributed by atoms with Crippen molar-refractivity contribution in [3.05, 3.63) is 34.6 Å². The van der Waals surface area contributed by atoms with Gasteiger partial charge in [-0.3, -0.25) is 4.79 Å². The van der Waals surface area contributed by atoms with E-state index < -0.39 is 17.3 Å². The van der Waals surface area contributed by atoms with Gasteiger partial charge in [-0.1, -0.05) is 11.6 Å². The summed E-state index contributed by atoms with van der Waals surface area (Å²) in [5.41, 5.74) is -0.689. The summed E-state index contributed by atoms with van der Waals surface area (Å²) in [4.78, 5) is 11.7. The average molecular weight is 259 g/mol. The Balaban J connectivity index is 1.99. The normalized spacial score (nSPS) is 17.4. The van der Waals surface area contributed by atoms with E-state index >= 15 is 0 Å². The van der Waals surface area contributed by atoms with Crippen LogP contribution in [0.15, 0.2) is 18.2 Å². The van der Waals surface area contributed by atoms with Crippen LogP contribution in [0.4, 0.5) is 4.39 Å². The molecule has 1 amide bonds. The second kappa shape index (κ2) is 4.60. The molecule has 6 heteroatoms. The third-order valence-corrected chi connectivity index (χ3v) is 2.97. The Kier molecular flexibility index (Phi) is 3.33. The minimum absolute atomic E-state index is 0.0567. The first kappa shape index (κ1) is 12.3. The van der Waals surface area contributed by atoms with Gasteiger partial charge in [0.1, 0.15) is 11.4 Å². The van der Waals surface area contributed by atoms with Crippen LogP contribution in [0.3, 0.4) is 0 Å². The van der Waals surface area contributed by atoms with Gasteiger partial charge < -0.3 is 15.7 Å². The summed E-state index contributed by atoms with van der Waals surface area (Å²) in [7, 11) is 0. The van der Waals surface area contributed by atoms with Gasteiger partial charge in [-0.25, -0.2) is 4.39 Å². The molecule has 0 radical (unpaired) electrons. The lowest BCUT2D eigenvalue weighted by Crippen LogP contribution is -2.64. The highest BCUT2D eigenvalue weighted by Gasteiger charge is 2.34. The van der Waals surface area contributed by atoms with Gasteiger partial charge in [0.15, 0.2) is 0 Å². The number of carbonyl (C=O) groups excluding carboxylic acids is 1. The van der Waals surface area contributed by atoms with Crippen LogP contribution in [0, 0.1) is 5.82 Å². The molecule has 0 atom stereocenters. The van der Waals surface area contributed by atoms with Crippen molar-refractivity contribution < 1.29 is 14.3 Å². The monoisotopic (exact) mass is 258 g/mol. The third-order valence-electron chi connectivity index (χ3n) is 2.66. The van der Waals surface area contributed by atoms with Crippen molar-refractivity contribution in [1.82, 2.24) is 10.6 Å². The Morgan fingerprint density at radius 3 is 2.82 bits per heavy atom. The van der Waals surface area contributed by atoms with Crippen LogP contribution in [0.25, 0.3) is 0 Å². The zero-order valence-corrected chi connectivity index (χ0v) is 9.72. The molecule has 0 bridgehead atoms. The van der Waals surface area contributed by atoms with E-state index in [1.165, 1.54) is 12.1 Å². The molecule has 92 valence electrons. The van der Waals surface area contributed by atoms with E-state index in [9.17, 15) is 14.3 Å². The van der Waals surface area contributed by atoms with Crippen LogP contribution in [0.5, 0.6) is 0 Å². The zero-order valence-electron chi connectivity index (χ0n) is 8.96. The highest BCUT2D eigenvalue weighted by Crippen LogP contribution is 2.17. The number of aliphatic hydroxyl groups is 1. The number of hydrogen-bond acceptors (Lipinski definition) is 3. The molecule has 3 N–H and O–H groups in total. The molecule has 1 aliphatic rings. The number of benzene rings is 1. The summed E-state index contributed by atoms with van der Waals surface area (Å²) < 4.78 is 12.8. The van der Waals surface area contributed by atoms with Gasteiger partial charge in [-0.05, 0) is 18.2 Å². The molecular weight excluding hydrogens is 247 g/mol. The Hall–Kier alpha value is -1.17. The molecule has 1 aliphatic heterocycles. The predicted octanol–water partition coefficient (Wildman–Crippen LogP) is 0.543. The molecule has 0 spiro atoms. The molecule has 4 nitrogen and oxygen atoms in total. The van der Waals surface area contributed by atoms with Gasteiger partial charge in [0, 0.05) is 19.6 Å². The number of carbonyl (C=O) groups is 1. The maximum Gasteiger partial charge on any atom is 0.252 e. The lowest BCUT2D eigenvalue weighted by atomic mass is 9.97. The second-order valence-corrected chi connectivity index (χ2v) is 4.54. The van der Waals surface area contributed by atoms with E-state index in [4.69, 9.17) is 11.6 Å². The number of β-amino-alcohol motifs (C(OH)–C–C–N with tert-alkyl or cyclic N) is 1. The minimum Gasteiger partial charge on any atom is -0.385 e. The van der Waals surface area contributed by atoms with E-state index in [-0.39, 0.29) is 17.1 Å². The molecule has 0 saturated carbocycles. The molecule has 1 aromatic carbocycles. The van der Waals surface area contributed by atoms with E-state index in [1.807, 2.05) is 0 Å². The quantitative estimate of drug-likeness (QED) is 0.742. The molecule has 0 aromatic heterocycles. The van der Waals surface area contributed by atoms with Crippen molar-refractivity contribution in [2.24, 2.45) is 0 Å². The fourth-order valence-corrected chi connectivity index (χ4v) is 1.81. The van der Waals surface area contributed by atoms with Gasteiger partial charge in [0.2, 0.25) is 0 Å². The topological polar surface area (TPSA) is 61.4 Å². The van der Waals surface area contributed by atoms with Gasteiger partial charge in [0.25, 0.3) is 5.91 Å². The Labute approximate surface area is 103 Å². The summed E-state index contributed by atoms with van der Waals surface area (Å²) in [5, 5.41) is 15.3. The number of amides is 1. The summed E-state index contributed by atoms with van der Waals surface area (Å²) in [6.45, 7) is 1.04. The molecule has 0 unspecified atom stereocenters. The highest BCUT2D eigenvalue weighted by atomic mass is 35.5. The predicted molar refractivity (Wildman–Crippen MR) is 61.6 cm³/mol. The Morgan fingerprint density at radius 1 is 1.59 bits per heavy atom. The van der Waals surface area contributed by atoms with E-state index in [0.29, 0.717) is 13.1 Å². The summed E-state index contributed by atoms with van der Waals surface area (Å²) in [5.74, 6) is -0.913. The largest absolute Gasteiger partial charge is 0.385 e. The van der Waals surface area contributed by atoms with Crippen LogP contribution < -0.4 is 10.6 Å². The smallest absolute Gasteiger partial charge is 0.252 e. The number of halogens is 2. The van der Waals surface area contributed by atoms with E-state index in [2.05, 4.69) is 10.6 Å². The lowest BCUT2D eigenvalue weighted by Gasteiger charge is -2.37. The molecule has 17 heavy (non-hydrogen) atoms. The molecule has 1 heterocycles. The molecule has 1 aromatic rings. The second-order valence-electron chi connectivity index (χ2n) is 4.13. The summed E-state index contributed by atoms with van der Waals surface area (Å²) in [6, 6.07) is 3.56. The van der Waals surface area contributed by atoms with E-state index in [1.54, 1.807) is 0 Å². The van der Waals surface area contributed by atoms with Crippen molar-refractivity contribution in [3.8, 4) is 0 Å².